The standard InChI is InChI=1S/C12H15N5O/c1-9(2)6-11(18)16-10-7-13-12(14-8-10)17-5-3-4-15-17/h3-5,7-9H,6H2,1-2H3,(H,16,18). The lowest BCUT2D eigenvalue weighted by atomic mass is 10.1. The molecule has 0 atom stereocenters. The third-order valence-corrected chi connectivity index (χ3v) is 2.22. The van der Waals surface area contributed by atoms with Gasteiger partial charge in [-0.2, -0.15) is 5.10 Å². The number of hydrogen-bond donors (Lipinski definition) is 1. The number of carbonyl (C=O) groups excluding carboxylic acids is 1. The van der Waals surface area contributed by atoms with E-state index in [4.69, 9.17) is 0 Å². The first-order valence-electron chi connectivity index (χ1n) is 5.77. The summed E-state index contributed by atoms with van der Waals surface area (Å²) in [4.78, 5) is 19.8. The molecule has 6 nitrogen and oxygen atoms in total. The molecule has 2 aromatic rings. The van der Waals surface area contributed by atoms with E-state index in [2.05, 4.69) is 20.4 Å². The number of nitrogens with zero attached hydrogens (tertiary/aromatic N) is 4. The largest absolute Gasteiger partial charge is 0.323 e. The summed E-state index contributed by atoms with van der Waals surface area (Å²) in [7, 11) is 0. The molecule has 0 radical (unpaired) electrons. The molecule has 6 heteroatoms. The SMILES string of the molecule is CC(C)CC(=O)Nc1cnc(-n2cccn2)nc1. The highest BCUT2D eigenvalue weighted by Gasteiger charge is 2.06. The molecule has 0 aliphatic carbocycles. The quantitative estimate of drug-likeness (QED) is 0.888. The molecule has 2 aromatic heterocycles. The minimum atomic E-state index is -0.0274. The average Bonchev–Trinajstić information content (AvgIpc) is 2.82. The van der Waals surface area contributed by atoms with Gasteiger partial charge in [0.25, 0.3) is 5.95 Å². The van der Waals surface area contributed by atoms with Crippen molar-refractivity contribution in [2.24, 2.45) is 5.92 Å². The van der Waals surface area contributed by atoms with Crippen LogP contribution in [-0.2, 0) is 4.79 Å². The lowest BCUT2D eigenvalue weighted by Gasteiger charge is -2.06. The van der Waals surface area contributed by atoms with Gasteiger partial charge in [0, 0.05) is 18.8 Å². The summed E-state index contributed by atoms with van der Waals surface area (Å²) in [6, 6.07) is 1.79. The lowest BCUT2D eigenvalue weighted by molar-refractivity contribution is -0.116. The van der Waals surface area contributed by atoms with Crippen LogP contribution in [0.2, 0.25) is 0 Å². The monoisotopic (exact) mass is 245 g/mol. The summed E-state index contributed by atoms with van der Waals surface area (Å²) in [6.45, 7) is 3.99. The Kier molecular flexibility index (Phi) is 3.66. The minimum absolute atomic E-state index is 0.0274. The van der Waals surface area contributed by atoms with Gasteiger partial charge in [-0.3, -0.25) is 4.79 Å². The van der Waals surface area contributed by atoms with Crippen molar-refractivity contribution in [3.05, 3.63) is 30.9 Å². The van der Waals surface area contributed by atoms with Crippen LogP contribution in [0, 0.1) is 5.92 Å². The molecule has 0 fully saturated rings. The third kappa shape index (κ3) is 3.13. The summed E-state index contributed by atoms with van der Waals surface area (Å²) >= 11 is 0. The first-order valence-corrected chi connectivity index (χ1v) is 5.77. The Morgan fingerprint density at radius 2 is 2.11 bits per heavy atom. The van der Waals surface area contributed by atoms with Gasteiger partial charge in [-0.25, -0.2) is 14.6 Å². The molecule has 2 heterocycles. The van der Waals surface area contributed by atoms with E-state index in [1.807, 2.05) is 13.8 Å². The zero-order valence-corrected chi connectivity index (χ0v) is 10.4. The molecular weight excluding hydrogens is 230 g/mol. The van der Waals surface area contributed by atoms with Crippen LogP contribution < -0.4 is 5.32 Å². The van der Waals surface area contributed by atoms with Gasteiger partial charge < -0.3 is 5.32 Å². The van der Waals surface area contributed by atoms with E-state index >= 15 is 0 Å². The first-order chi connectivity index (χ1) is 8.65. The number of carbonyl (C=O) groups is 1. The van der Waals surface area contributed by atoms with Crippen molar-refractivity contribution in [1.29, 1.82) is 0 Å². The molecule has 2 rings (SSSR count). The Morgan fingerprint density at radius 1 is 1.39 bits per heavy atom. The molecule has 0 unspecified atom stereocenters. The summed E-state index contributed by atoms with van der Waals surface area (Å²) in [6.07, 6.45) is 7.04. The van der Waals surface area contributed by atoms with Crippen LogP contribution >= 0.6 is 0 Å². The van der Waals surface area contributed by atoms with E-state index in [-0.39, 0.29) is 5.91 Å². The molecule has 94 valence electrons. The van der Waals surface area contributed by atoms with Gasteiger partial charge in [0.2, 0.25) is 5.91 Å². The van der Waals surface area contributed by atoms with E-state index in [9.17, 15) is 4.79 Å². The maximum atomic E-state index is 11.6. The van der Waals surface area contributed by atoms with Crippen LogP contribution in [0.15, 0.2) is 30.9 Å². The maximum Gasteiger partial charge on any atom is 0.250 e. The number of aromatic nitrogens is 4. The normalized spacial score (nSPS) is 10.6. The number of amides is 1. The smallest absolute Gasteiger partial charge is 0.250 e. The van der Waals surface area contributed by atoms with E-state index in [0.29, 0.717) is 24.0 Å². The van der Waals surface area contributed by atoms with Gasteiger partial charge in [0.15, 0.2) is 0 Å². The van der Waals surface area contributed by atoms with Crippen LogP contribution in [0.1, 0.15) is 20.3 Å². The Balaban J connectivity index is 2.02. The number of rotatable bonds is 4. The molecular formula is C12H15N5O. The summed E-state index contributed by atoms with van der Waals surface area (Å²) in [5.74, 6) is 0.775. The molecule has 1 N–H and O–H groups in total. The zero-order valence-electron chi connectivity index (χ0n) is 10.4. The molecule has 18 heavy (non-hydrogen) atoms. The lowest BCUT2D eigenvalue weighted by Crippen LogP contribution is -2.14. The number of hydrogen-bond acceptors (Lipinski definition) is 4. The molecule has 0 bridgehead atoms. The van der Waals surface area contributed by atoms with Crippen molar-refractivity contribution in [3.63, 3.8) is 0 Å². The zero-order chi connectivity index (χ0) is 13.0. The van der Waals surface area contributed by atoms with Crippen molar-refractivity contribution >= 4 is 11.6 Å². The van der Waals surface area contributed by atoms with Crippen molar-refractivity contribution in [2.75, 3.05) is 5.32 Å². The van der Waals surface area contributed by atoms with Crippen molar-refractivity contribution in [3.8, 4) is 5.95 Å². The molecule has 0 aliphatic heterocycles. The molecule has 1 amide bonds. The van der Waals surface area contributed by atoms with Gasteiger partial charge in [-0.1, -0.05) is 13.8 Å². The van der Waals surface area contributed by atoms with Gasteiger partial charge in [-0.05, 0) is 12.0 Å². The average molecular weight is 245 g/mol. The summed E-state index contributed by atoms with van der Waals surface area (Å²) < 4.78 is 1.56. The highest BCUT2D eigenvalue weighted by atomic mass is 16.1. The predicted molar refractivity (Wildman–Crippen MR) is 67.2 cm³/mol. The van der Waals surface area contributed by atoms with Crippen LogP contribution in [0.5, 0.6) is 0 Å². The molecule has 0 aromatic carbocycles. The van der Waals surface area contributed by atoms with Crippen molar-refractivity contribution in [2.45, 2.75) is 20.3 Å². The van der Waals surface area contributed by atoms with Gasteiger partial charge in [0.1, 0.15) is 0 Å². The number of anilines is 1. The van der Waals surface area contributed by atoms with Crippen molar-refractivity contribution in [1.82, 2.24) is 19.7 Å². The van der Waals surface area contributed by atoms with E-state index < -0.39 is 0 Å². The van der Waals surface area contributed by atoms with Gasteiger partial charge in [0.05, 0.1) is 18.1 Å². The second kappa shape index (κ2) is 5.39. The summed E-state index contributed by atoms with van der Waals surface area (Å²) in [5, 5.41) is 6.77. The molecule has 0 spiro atoms. The van der Waals surface area contributed by atoms with Crippen LogP contribution in [0.3, 0.4) is 0 Å². The van der Waals surface area contributed by atoms with Crippen molar-refractivity contribution < 1.29 is 4.79 Å². The second-order valence-electron chi connectivity index (χ2n) is 4.37. The Labute approximate surface area is 105 Å². The minimum Gasteiger partial charge on any atom is -0.323 e. The van der Waals surface area contributed by atoms with E-state index in [0.717, 1.165) is 0 Å². The van der Waals surface area contributed by atoms with Crippen LogP contribution in [0.25, 0.3) is 5.95 Å². The molecule has 0 saturated heterocycles. The molecule has 0 aliphatic rings. The molecule has 0 saturated carbocycles. The maximum absolute atomic E-state index is 11.6. The predicted octanol–water partition coefficient (Wildman–Crippen LogP) is 1.65. The Hall–Kier alpha value is -2.24. The van der Waals surface area contributed by atoms with Gasteiger partial charge in [-0.15, -0.1) is 0 Å². The van der Waals surface area contributed by atoms with E-state index in [1.165, 1.54) is 0 Å². The Morgan fingerprint density at radius 3 is 2.67 bits per heavy atom. The number of nitrogens with one attached hydrogen (secondary N) is 1. The fraction of sp³-hybridized carbons (Fsp3) is 0.333. The summed E-state index contributed by atoms with van der Waals surface area (Å²) in [5.41, 5.74) is 0.594. The van der Waals surface area contributed by atoms with Crippen LogP contribution in [-0.4, -0.2) is 25.7 Å². The third-order valence-electron chi connectivity index (χ3n) is 2.22. The highest BCUT2D eigenvalue weighted by Crippen LogP contribution is 2.07. The van der Waals surface area contributed by atoms with Gasteiger partial charge >= 0.3 is 0 Å². The highest BCUT2D eigenvalue weighted by molar-refractivity contribution is 5.90. The first kappa shape index (κ1) is 12.2. The fourth-order valence-corrected chi connectivity index (χ4v) is 1.47. The second-order valence-corrected chi connectivity index (χ2v) is 4.37. The fourth-order valence-electron chi connectivity index (χ4n) is 1.47. The topological polar surface area (TPSA) is 72.7 Å². The Bertz CT molecular complexity index is 504. The van der Waals surface area contributed by atoms with E-state index in [1.54, 1.807) is 35.5 Å². The van der Waals surface area contributed by atoms with Crippen LogP contribution in [0.4, 0.5) is 5.69 Å².